The first-order valence-electron chi connectivity index (χ1n) is 12.0. The molecule has 2 aromatic carbocycles. The Hall–Kier alpha value is -1.69. The number of carbonyl (C=O) groups excluding carboxylic acids is 2. The molecule has 0 aromatic heterocycles. The Kier molecular flexibility index (Phi) is 10.6. The van der Waals surface area contributed by atoms with Crippen molar-refractivity contribution < 1.29 is 9.59 Å². The molecule has 0 radical (unpaired) electrons. The minimum atomic E-state index is -0.525. The number of aryl methyl sites for hydroxylation is 1. The van der Waals surface area contributed by atoms with E-state index in [0.717, 1.165) is 37.0 Å². The van der Waals surface area contributed by atoms with Gasteiger partial charge in [-0.1, -0.05) is 79.7 Å². The van der Waals surface area contributed by atoms with Gasteiger partial charge in [-0.25, -0.2) is 0 Å². The lowest BCUT2D eigenvalue weighted by molar-refractivity contribution is -0.139. The molecule has 2 amide bonds. The Balaban J connectivity index is 1.73. The summed E-state index contributed by atoms with van der Waals surface area (Å²) >= 11 is 13.9. The van der Waals surface area contributed by atoms with E-state index in [-0.39, 0.29) is 17.9 Å². The van der Waals surface area contributed by atoms with Crippen molar-refractivity contribution in [2.24, 2.45) is 0 Å². The zero-order valence-electron chi connectivity index (χ0n) is 20.0. The van der Waals surface area contributed by atoms with Gasteiger partial charge < -0.3 is 10.2 Å². The Labute approximate surface area is 217 Å². The van der Waals surface area contributed by atoms with E-state index in [0.29, 0.717) is 28.8 Å². The molecule has 2 aromatic rings. The van der Waals surface area contributed by atoms with Gasteiger partial charge in [0.2, 0.25) is 11.8 Å². The number of thioether (sulfide) groups is 1. The highest BCUT2D eigenvalue weighted by Gasteiger charge is 2.30. The monoisotopic (exact) mass is 520 g/mol. The Morgan fingerprint density at radius 1 is 1.09 bits per heavy atom. The van der Waals surface area contributed by atoms with Crippen LogP contribution in [-0.4, -0.2) is 34.6 Å². The fraction of sp³-hybridized carbons (Fsp3) is 0.481. The van der Waals surface area contributed by atoms with Gasteiger partial charge in [-0.05, 0) is 55.0 Å². The van der Waals surface area contributed by atoms with Gasteiger partial charge in [0.1, 0.15) is 6.04 Å². The van der Waals surface area contributed by atoms with Gasteiger partial charge in [-0.15, -0.1) is 11.8 Å². The Morgan fingerprint density at radius 2 is 1.82 bits per heavy atom. The third-order valence-electron chi connectivity index (χ3n) is 6.42. The second-order valence-corrected chi connectivity index (χ2v) is 10.8. The smallest absolute Gasteiger partial charge is 0.243 e. The fourth-order valence-electron chi connectivity index (χ4n) is 4.40. The molecule has 0 aliphatic heterocycles. The maximum Gasteiger partial charge on any atom is 0.243 e. The van der Waals surface area contributed by atoms with Crippen LogP contribution in [0.4, 0.5) is 0 Å². The lowest BCUT2D eigenvalue weighted by atomic mass is 9.95. The van der Waals surface area contributed by atoms with Crippen LogP contribution in [0.2, 0.25) is 10.0 Å². The standard InChI is InChI=1S/C27H34Cl2N2O2S/c1-3-25(27(33)30-22-11-5-4-6-12-22)31(16-20-13-14-23(28)24(29)15-20)26(32)18-34-17-21-10-8-7-9-19(21)2/h7-10,13-15,22,25H,3-6,11-12,16-18H2,1-2H3,(H,30,33)/t25-/m0/s1. The van der Waals surface area contributed by atoms with Gasteiger partial charge in [0, 0.05) is 18.3 Å². The second kappa shape index (κ2) is 13.4. The van der Waals surface area contributed by atoms with E-state index in [9.17, 15) is 9.59 Å². The predicted molar refractivity (Wildman–Crippen MR) is 143 cm³/mol. The van der Waals surface area contributed by atoms with Crippen molar-refractivity contribution >= 4 is 46.8 Å². The SMILES string of the molecule is CC[C@@H](C(=O)NC1CCCCC1)N(Cc1ccc(Cl)c(Cl)c1)C(=O)CSCc1ccccc1C. The molecular weight excluding hydrogens is 487 g/mol. The summed E-state index contributed by atoms with van der Waals surface area (Å²) in [6.45, 7) is 4.36. The number of carbonyl (C=O) groups is 2. The summed E-state index contributed by atoms with van der Waals surface area (Å²) in [7, 11) is 0. The van der Waals surface area contributed by atoms with Gasteiger partial charge in [0.05, 0.1) is 15.8 Å². The van der Waals surface area contributed by atoms with Gasteiger partial charge in [-0.2, -0.15) is 0 Å². The van der Waals surface area contributed by atoms with Crippen molar-refractivity contribution in [3.05, 3.63) is 69.2 Å². The highest BCUT2D eigenvalue weighted by Crippen LogP contribution is 2.25. The number of hydrogen-bond acceptors (Lipinski definition) is 3. The van der Waals surface area contributed by atoms with E-state index in [1.165, 1.54) is 17.5 Å². The van der Waals surface area contributed by atoms with E-state index >= 15 is 0 Å². The van der Waals surface area contributed by atoms with E-state index in [1.807, 2.05) is 25.1 Å². The summed E-state index contributed by atoms with van der Waals surface area (Å²) in [6.07, 6.45) is 6.08. The Bertz CT molecular complexity index is 979. The highest BCUT2D eigenvalue weighted by atomic mass is 35.5. The topological polar surface area (TPSA) is 49.4 Å². The summed E-state index contributed by atoms with van der Waals surface area (Å²) in [5.74, 6) is 0.953. The molecule has 34 heavy (non-hydrogen) atoms. The van der Waals surface area contributed by atoms with Crippen LogP contribution in [0, 0.1) is 6.92 Å². The maximum atomic E-state index is 13.4. The van der Waals surface area contributed by atoms with E-state index in [4.69, 9.17) is 23.2 Å². The number of nitrogens with one attached hydrogen (secondary N) is 1. The predicted octanol–water partition coefficient (Wildman–Crippen LogP) is 6.79. The fourth-order valence-corrected chi connectivity index (χ4v) is 5.71. The van der Waals surface area contributed by atoms with Crippen molar-refractivity contribution in [3.8, 4) is 0 Å². The molecule has 4 nitrogen and oxygen atoms in total. The Morgan fingerprint density at radius 3 is 2.50 bits per heavy atom. The molecule has 0 unspecified atom stereocenters. The molecule has 1 fully saturated rings. The zero-order valence-corrected chi connectivity index (χ0v) is 22.3. The van der Waals surface area contributed by atoms with Gasteiger partial charge in [-0.3, -0.25) is 9.59 Å². The molecule has 1 aliphatic carbocycles. The van der Waals surface area contributed by atoms with Gasteiger partial charge in [0.15, 0.2) is 0 Å². The van der Waals surface area contributed by atoms with Crippen molar-refractivity contribution in [1.29, 1.82) is 0 Å². The number of amides is 2. The molecule has 0 saturated heterocycles. The molecular formula is C27H34Cl2N2O2S. The average molecular weight is 522 g/mol. The molecule has 1 aliphatic rings. The minimum Gasteiger partial charge on any atom is -0.352 e. The molecule has 0 heterocycles. The van der Waals surface area contributed by atoms with Gasteiger partial charge in [0.25, 0.3) is 0 Å². The lowest BCUT2D eigenvalue weighted by Gasteiger charge is -2.33. The zero-order chi connectivity index (χ0) is 24.5. The van der Waals surface area contributed by atoms with Crippen LogP contribution in [0.15, 0.2) is 42.5 Å². The second-order valence-electron chi connectivity index (χ2n) is 8.96. The molecule has 3 rings (SSSR count). The number of hydrogen-bond donors (Lipinski definition) is 1. The van der Waals surface area contributed by atoms with Crippen LogP contribution >= 0.6 is 35.0 Å². The first-order valence-corrected chi connectivity index (χ1v) is 14.0. The van der Waals surface area contributed by atoms with Crippen LogP contribution < -0.4 is 5.32 Å². The minimum absolute atomic E-state index is 0.0460. The van der Waals surface area contributed by atoms with Crippen LogP contribution in [0.25, 0.3) is 0 Å². The van der Waals surface area contributed by atoms with E-state index < -0.39 is 6.04 Å². The van der Waals surface area contributed by atoms with Gasteiger partial charge >= 0.3 is 0 Å². The van der Waals surface area contributed by atoms with Crippen molar-refractivity contribution in [2.45, 2.75) is 76.8 Å². The van der Waals surface area contributed by atoms with Crippen LogP contribution in [0.5, 0.6) is 0 Å². The summed E-state index contributed by atoms with van der Waals surface area (Å²) in [5.41, 5.74) is 3.29. The van der Waals surface area contributed by atoms with Crippen molar-refractivity contribution in [2.75, 3.05) is 5.75 Å². The molecule has 7 heteroatoms. The number of benzene rings is 2. The summed E-state index contributed by atoms with van der Waals surface area (Å²) in [4.78, 5) is 28.4. The number of nitrogens with zero attached hydrogens (tertiary/aromatic N) is 1. The first-order chi connectivity index (χ1) is 16.4. The summed E-state index contributed by atoms with van der Waals surface area (Å²) in [5, 5.41) is 4.13. The number of rotatable bonds is 10. The summed E-state index contributed by atoms with van der Waals surface area (Å²) < 4.78 is 0. The van der Waals surface area contributed by atoms with E-state index in [2.05, 4.69) is 24.4 Å². The average Bonchev–Trinajstić information content (AvgIpc) is 2.83. The third-order valence-corrected chi connectivity index (χ3v) is 8.12. The normalized spacial score (nSPS) is 15.1. The molecule has 0 spiro atoms. The van der Waals surface area contributed by atoms with E-state index in [1.54, 1.807) is 28.8 Å². The largest absolute Gasteiger partial charge is 0.352 e. The maximum absolute atomic E-state index is 13.4. The molecule has 1 N–H and O–H groups in total. The number of halogens is 2. The third kappa shape index (κ3) is 7.66. The quantitative estimate of drug-likeness (QED) is 0.375. The molecule has 184 valence electrons. The van der Waals surface area contributed by atoms with Crippen molar-refractivity contribution in [1.82, 2.24) is 10.2 Å². The molecule has 0 bridgehead atoms. The highest BCUT2D eigenvalue weighted by molar-refractivity contribution is 7.99. The van der Waals surface area contributed by atoms with Crippen LogP contribution in [0.1, 0.15) is 62.1 Å². The lowest BCUT2D eigenvalue weighted by Crippen LogP contribution is -2.52. The van der Waals surface area contributed by atoms with Crippen LogP contribution in [-0.2, 0) is 21.9 Å². The summed E-state index contributed by atoms with van der Waals surface area (Å²) in [6, 6.07) is 13.3. The van der Waals surface area contributed by atoms with Crippen LogP contribution in [0.3, 0.4) is 0 Å². The first kappa shape index (κ1) is 26.9. The van der Waals surface area contributed by atoms with Crippen molar-refractivity contribution in [3.63, 3.8) is 0 Å². The molecule has 1 atom stereocenters. The molecule has 1 saturated carbocycles.